The summed E-state index contributed by atoms with van der Waals surface area (Å²) in [6, 6.07) is 22.3. The second-order valence-electron chi connectivity index (χ2n) is 8.98. The summed E-state index contributed by atoms with van der Waals surface area (Å²) in [5, 5.41) is 4.80. The standard InChI is InChI=1S/C28H29FN2/c1-18-4-3-5-21(16-18)27(20-7-8-20)28-24(25-17-19(2)6-13-26(25)31-28)14-15-30-23-11-9-22(29)10-12-23/h3-6,9-13,16-17,20,27,30-31H,7-8,14-15H2,1-2H3. The van der Waals surface area contributed by atoms with Crippen molar-refractivity contribution in [3.8, 4) is 0 Å². The summed E-state index contributed by atoms with van der Waals surface area (Å²) in [6.45, 7) is 5.14. The predicted octanol–water partition coefficient (Wildman–Crippen LogP) is 7.12. The second-order valence-corrected chi connectivity index (χ2v) is 8.98. The van der Waals surface area contributed by atoms with Gasteiger partial charge < -0.3 is 10.3 Å². The molecule has 1 fully saturated rings. The minimum absolute atomic E-state index is 0.203. The van der Waals surface area contributed by atoms with Gasteiger partial charge in [-0.1, -0.05) is 41.5 Å². The highest BCUT2D eigenvalue weighted by molar-refractivity contribution is 5.86. The summed E-state index contributed by atoms with van der Waals surface area (Å²) in [6.07, 6.45) is 3.51. The molecule has 0 bridgehead atoms. The van der Waals surface area contributed by atoms with Crippen LogP contribution >= 0.6 is 0 Å². The molecule has 4 aromatic rings. The van der Waals surface area contributed by atoms with Crippen molar-refractivity contribution in [2.24, 2.45) is 5.92 Å². The van der Waals surface area contributed by atoms with Crippen LogP contribution in [0.3, 0.4) is 0 Å². The lowest BCUT2D eigenvalue weighted by Crippen LogP contribution is -2.10. The molecule has 1 aromatic heterocycles. The molecule has 1 unspecified atom stereocenters. The third kappa shape index (κ3) is 4.23. The molecule has 1 saturated carbocycles. The molecule has 0 radical (unpaired) electrons. The van der Waals surface area contributed by atoms with E-state index in [1.807, 2.05) is 0 Å². The number of hydrogen-bond donors (Lipinski definition) is 2. The van der Waals surface area contributed by atoms with Crippen LogP contribution in [0.15, 0.2) is 66.7 Å². The summed E-state index contributed by atoms with van der Waals surface area (Å²) < 4.78 is 13.2. The number of benzene rings is 3. The van der Waals surface area contributed by atoms with Crippen LogP contribution in [0.1, 0.15) is 46.7 Å². The van der Waals surface area contributed by atoms with E-state index < -0.39 is 0 Å². The molecule has 1 atom stereocenters. The topological polar surface area (TPSA) is 27.8 Å². The molecule has 2 nitrogen and oxygen atoms in total. The number of hydrogen-bond acceptors (Lipinski definition) is 1. The minimum Gasteiger partial charge on any atom is -0.385 e. The quantitative estimate of drug-likeness (QED) is 0.332. The smallest absolute Gasteiger partial charge is 0.123 e. The highest BCUT2D eigenvalue weighted by Gasteiger charge is 2.36. The first-order chi connectivity index (χ1) is 15.1. The van der Waals surface area contributed by atoms with Crippen molar-refractivity contribution in [3.63, 3.8) is 0 Å². The number of nitrogens with one attached hydrogen (secondary N) is 2. The Kier molecular flexibility index (Phi) is 5.27. The number of rotatable bonds is 7. The largest absolute Gasteiger partial charge is 0.385 e. The van der Waals surface area contributed by atoms with Crippen LogP contribution in [0.2, 0.25) is 0 Å². The summed E-state index contributed by atoms with van der Waals surface area (Å²) in [7, 11) is 0. The van der Waals surface area contributed by atoms with Gasteiger partial charge in [-0.25, -0.2) is 4.39 Å². The van der Waals surface area contributed by atoms with E-state index in [2.05, 4.69) is 66.6 Å². The summed E-state index contributed by atoms with van der Waals surface area (Å²) in [5.41, 5.74) is 8.96. The molecule has 1 aliphatic rings. The van der Waals surface area contributed by atoms with Gasteiger partial charge in [0.1, 0.15) is 5.82 Å². The Morgan fingerprint density at radius 2 is 1.74 bits per heavy atom. The van der Waals surface area contributed by atoms with Crippen LogP contribution in [0, 0.1) is 25.6 Å². The Hall–Kier alpha value is -3.07. The van der Waals surface area contributed by atoms with Gasteiger partial charge in [-0.15, -0.1) is 0 Å². The van der Waals surface area contributed by atoms with Gasteiger partial charge in [-0.05, 0) is 86.6 Å². The van der Waals surface area contributed by atoms with Crippen LogP contribution in [0.25, 0.3) is 10.9 Å². The van der Waals surface area contributed by atoms with Gasteiger partial charge >= 0.3 is 0 Å². The van der Waals surface area contributed by atoms with E-state index in [1.54, 1.807) is 12.1 Å². The second kappa shape index (κ2) is 8.22. The first kappa shape index (κ1) is 19.9. The zero-order valence-electron chi connectivity index (χ0n) is 18.2. The van der Waals surface area contributed by atoms with Crippen molar-refractivity contribution in [2.45, 2.75) is 39.0 Å². The molecule has 3 heteroatoms. The number of anilines is 1. The number of fused-ring (bicyclic) bond motifs is 1. The van der Waals surface area contributed by atoms with Gasteiger partial charge in [0.25, 0.3) is 0 Å². The molecule has 0 spiro atoms. The molecule has 0 amide bonds. The fraction of sp³-hybridized carbons (Fsp3) is 0.286. The Balaban J connectivity index is 1.51. The van der Waals surface area contributed by atoms with Crippen molar-refractivity contribution < 1.29 is 4.39 Å². The van der Waals surface area contributed by atoms with E-state index in [9.17, 15) is 4.39 Å². The van der Waals surface area contributed by atoms with E-state index in [-0.39, 0.29) is 5.82 Å². The number of H-pyrrole nitrogens is 1. The average Bonchev–Trinajstić information content (AvgIpc) is 3.53. The predicted molar refractivity (Wildman–Crippen MR) is 127 cm³/mol. The molecule has 0 saturated heterocycles. The van der Waals surface area contributed by atoms with Crippen molar-refractivity contribution in [2.75, 3.05) is 11.9 Å². The first-order valence-corrected chi connectivity index (χ1v) is 11.3. The fourth-order valence-corrected chi connectivity index (χ4v) is 4.78. The van der Waals surface area contributed by atoms with Gasteiger partial charge in [0.15, 0.2) is 0 Å². The van der Waals surface area contributed by atoms with Crippen molar-refractivity contribution in [1.82, 2.24) is 4.98 Å². The van der Waals surface area contributed by atoms with Crippen molar-refractivity contribution >= 4 is 16.6 Å². The van der Waals surface area contributed by atoms with Gasteiger partial charge in [-0.3, -0.25) is 0 Å². The lowest BCUT2D eigenvalue weighted by molar-refractivity contribution is 0.628. The lowest BCUT2D eigenvalue weighted by Gasteiger charge is -2.19. The Morgan fingerprint density at radius 3 is 2.48 bits per heavy atom. The normalized spacial score (nSPS) is 14.7. The van der Waals surface area contributed by atoms with Gasteiger partial charge in [0.2, 0.25) is 0 Å². The molecule has 0 aliphatic heterocycles. The third-order valence-electron chi connectivity index (χ3n) is 6.45. The number of aryl methyl sites for hydroxylation is 2. The number of aromatic amines is 1. The summed E-state index contributed by atoms with van der Waals surface area (Å²) in [4.78, 5) is 3.81. The van der Waals surface area contributed by atoms with Gasteiger partial charge in [0, 0.05) is 34.7 Å². The molecule has 3 aromatic carbocycles. The minimum atomic E-state index is -0.203. The van der Waals surface area contributed by atoms with Gasteiger partial charge in [-0.2, -0.15) is 0 Å². The highest BCUT2D eigenvalue weighted by Crippen LogP contribution is 2.48. The van der Waals surface area contributed by atoms with E-state index in [1.165, 1.54) is 63.8 Å². The van der Waals surface area contributed by atoms with Crippen LogP contribution in [0.4, 0.5) is 10.1 Å². The molecule has 1 heterocycles. The van der Waals surface area contributed by atoms with Crippen LogP contribution in [-0.4, -0.2) is 11.5 Å². The maximum absolute atomic E-state index is 13.2. The zero-order chi connectivity index (χ0) is 21.4. The molecule has 2 N–H and O–H groups in total. The zero-order valence-corrected chi connectivity index (χ0v) is 18.2. The lowest BCUT2D eigenvalue weighted by atomic mass is 9.87. The van der Waals surface area contributed by atoms with E-state index in [4.69, 9.17) is 0 Å². The first-order valence-electron chi connectivity index (χ1n) is 11.3. The maximum Gasteiger partial charge on any atom is 0.123 e. The Bertz CT molecular complexity index is 1200. The van der Waals surface area contributed by atoms with Gasteiger partial charge in [0.05, 0.1) is 0 Å². The summed E-state index contributed by atoms with van der Waals surface area (Å²) in [5.74, 6) is 0.915. The van der Waals surface area contributed by atoms with Crippen molar-refractivity contribution in [3.05, 3.63) is 100 Å². The molecular formula is C28H29FN2. The van der Waals surface area contributed by atoms with Crippen LogP contribution in [-0.2, 0) is 6.42 Å². The molecule has 5 rings (SSSR count). The van der Waals surface area contributed by atoms with Crippen LogP contribution < -0.4 is 5.32 Å². The van der Waals surface area contributed by atoms with E-state index >= 15 is 0 Å². The van der Waals surface area contributed by atoms with Crippen LogP contribution in [0.5, 0.6) is 0 Å². The molecule has 31 heavy (non-hydrogen) atoms. The fourth-order valence-electron chi connectivity index (χ4n) is 4.78. The Labute approximate surface area is 183 Å². The van der Waals surface area contributed by atoms with Crippen molar-refractivity contribution in [1.29, 1.82) is 0 Å². The number of aromatic nitrogens is 1. The maximum atomic E-state index is 13.2. The molecule has 158 valence electrons. The molecule has 1 aliphatic carbocycles. The SMILES string of the molecule is Cc1cccc(C(c2[nH]c3ccc(C)cc3c2CCNc2ccc(F)cc2)C2CC2)c1. The van der Waals surface area contributed by atoms with E-state index in [0.29, 0.717) is 11.8 Å². The third-order valence-corrected chi connectivity index (χ3v) is 6.45. The summed E-state index contributed by atoms with van der Waals surface area (Å²) >= 11 is 0. The Morgan fingerprint density at radius 1 is 0.968 bits per heavy atom. The number of halogens is 1. The average molecular weight is 413 g/mol. The monoisotopic (exact) mass is 412 g/mol. The molecular weight excluding hydrogens is 383 g/mol. The highest BCUT2D eigenvalue weighted by atomic mass is 19.1. The van der Waals surface area contributed by atoms with E-state index in [0.717, 1.165) is 18.7 Å².